The third-order valence-corrected chi connectivity index (χ3v) is 14.4. The number of ketones is 2. The summed E-state index contributed by atoms with van der Waals surface area (Å²) in [5.41, 5.74) is 5.75. The minimum absolute atomic E-state index is 0.223. The number of aryl methyl sites for hydroxylation is 1. The Kier molecular flexibility index (Phi) is 6.29. The summed E-state index contributed by atoms with van der Waals surface area (Å²) in [6.07, 6.45) is 0. The van der Waals surface area contributed by atoms with E-state index in [1.807, 2.05) is 18.2 Å². The maximum absolute atomic E-state index is 13.5. The van der Waals surface area contributed by atoms with Crippen molar-refractivity contribution >= 4 is 64.3 Å². The Balaban J connectivity index is 1.12. The van der Waals surface area contributed by atoms with Gasteiger partial charge in [-0.15, -0.1) is 32.5 Å². The Bertz CT molecular complexity index is 2580. The molecular weight excluding hydrogens is 661 g/mol. The number of hydrogen-bond acceptors (Lipinski definition) is 7. The molecule has 48 heavy (non-hydrogen) atoms. The molecule has 236 valence electrons. The van der Waals surface area contributed by atoms with Crippen LogP contribution in [-0.4, -0.2) is 29.8 Å². The molecule has 0 saturated heterocycles. The summed E-state index contributed by atoms with van der Waals surface area (Å²) in [5, 5.41) is 2.24. The Hall–Kier alpha value is -4.58. The van der Waals surface area contributed by atoms with Crippen LogP contribution in [0.3, 0.4) is 0 Å². The summed E-state index contributed by atoms with van der Waals surface area (Å²) in [6, 6.07) is 34.2. The molecule has 1 aromatic heterocycles. The molecule has 4 N–H and O–H groups in total. The van der Waals surface area contributed by atoms with E-state index in [4.69, 9.17) is 0 Å². The highest BCUT2D eigenvalue weighted by Crippen LogP contribution is 2.62. The van der Waals surface area contributed by atoms with Gasteiger partial charge in [0.05, 0.1) is 19.6 Å². The monoisotopic (exact) mass is 686 g/mol. The molecule has 0 radical (unpaired) electrons. The molecule has 0 fully saturated rings. The van der Waals surface area contributed by atoms with Crippen LogP contribution in [0, 0.1) is 6.92 Å². The van der Waals surface area contributed by atoms with Gasteiger partial charge in [-0.3, -0.25) is 27.8 Å². The predicted octanol–water partition coefficient (Wildman–Crippen LogP) is 11.1. The first kappa shape index (κ1) is 29.6. The van der Waals surface area contributed by atoms with E-state index in [2.05, 4.69) is 31.2 Å². The van der Waals surface area contributed by atoms with Crippen LogP contribution in [0.15, 0.2) is 135 Å². The minimum Gasteiger partial charge on any atom is -0.290 e. The number of carbonyl (C=O) groups is 2. The van der Waals surface area contributed by atoms with E-state index in [1.165, 1.54) is 0 Å². The van der Waals surface area contributed by atoms with Crippen molar-refractivity contribution in [2.45, 2.75) is 26.5 Å². The summed E-state index contributed by atoms with van der Waals surface area (Å²) < 4.78 is 46.5. The first-order chi connectivity index (χ1) is 23.0. The molecule has 0 spiro atoms. The van der Waals surface area contributed by atoms with Crippen molar-refractivity contribution in [3.8, 4) is 22.3 Å². The lowest BCUT2D eigenvalue weighted by Gasteiger charge is -2.38. The van der Waals surface area contributed by atoms with Crippen molar-refractivity contribution in [2.75, 3.05) is 0 Å². The first-order valence-corrected chi connectivity index (χ1v) is 19.0. The van der Waals surface area contributed by atoms with Crippen molar-refractivity contribution in [2.24, 2.45) is 0 Å². The molecule has 0 saturated carbocycles. The standard InChI is InChI=1S/C39H26O6S3/c1-21-16-25(23-12-15-36-30(18-23)39(41)28-7-3-5-9-34(28)48(36,44)45)20-32-37(21)26-13-10-24(19-31(26)46-32)22-11-14-35-29(17-22)38(40)27-6-2-4-8-33(27)47(35,42)43/h2-20,42-45H,1H3. The maximum Gasteiger partial charge on any atom is 0.196 e. The largest absolute Gasteiger partial charge is 0.290 e. The van der Waals surface area contributed by atoms with Crippen molar-refractivity contribution in [1.29, 1.82) is 0 Å². The predicted molar refractivity (Wildman–Crippen MR) is 193 cm³/mol. The molecule has 0 atom stereocenters. The van der Waals surface area contributed by atoms with Gasteiger partial charge < -0.3 is 0 Å². The zero-order chi connectivity index (χ0) is 33.1. The molecule has 9 rings (SSSR count). The van der Waals surface area contributed by atoms with Gasteiger partial charge in [0.25, 0.3) is 0 Å². The van der Waals surface area contributed by atoms with E-state index >= 15 is 0 Å². The van der Waals surface area contributed by atoms with Gasteiger partial charge in [-0.05, 0) is 95.4 Å². The summed E-state index contributed by atoms with van der Waals surface area (Å²) in [5.74, 6) is -0.447. The number of fused-ring (bicyclic) bond motifs is 7. The van der Waals surface area contributed by atoms with Crippen LogP contribution in [0.1, 0.15) is 37.4 Å². The highest BCUT2D eigenvalue weighted by atomic mass is 32.3. The topological polar surface area (TPSA) is 115 Å². The average Bonchev–Trinajstić information content (AvgIpc) is 3.48. The summed E-state index contributed by atoms with van der Waals surface area (Å²) in [7, 11) is -6.61. The van der Waals surface area contributed by atoms with Crippen LogP contribution < -0.4 is 0 Å². The van der Waals surface area contributed by atoms with Crippen molar-refractivity contribution in [3.63, 3.8) is 0 Å². The van der Waals surface area contributed by atoms with Gasteiger partial charge in [-0.25, -0.2) is 0 Å². The number of hydrogen-bond donors (Lipinski definition) is 4. The number of carbonyl (C=O) groups excluding carboxylic acids is 2. The number of rotatable bonds is 2. The highest BCUT2D eigenvalue weighted by molar-refractivity contribution is 8.24. The summed E-state index contributed by atoms with van der Waals surface area (Å²) >= 11 is 1.65. The molecule has 9 heteroatoms. The third-order valence-electron chi connectivity index (χ3n) is 9.38. The average molecular weight is 687 g/mol. The van der Waals surface area contributed by atoms with Gasteiger partial charge in [-0.1, -0.05) is 54.6 Å². The van der Waals surface area contributed by atoms with Gasteiger partial charge in [0.15, 0.2) is 11.6 Å². The molecule has 2 aliphatic heterocycles. The SMILES string of the molecule is Cc1cc(-c2ccc3c(c2)C(=O)c2ccccc2S3(O)O)cc2sc3cc(-c4ccc5c(c4)C(=O)c4ccccc4S5(O)O)ccc3c12. The van der Waals surface area contributed by atoms with Gasteiger partial charge in [0.2, 0.25) is 0 Å². The van der Waals surface area contributed by atoms with E-state index in [1.54, 1.807) is 84.1 Å². The van der Waals surface area contributed by atoms with Crippen LogP contribution in [0.25, 0.3) is 42.4 Å². The van der Waals surface area contributed by atoms with Gasteiger partial charge in [0.1, 0.15) is 0 Å². The minimum atomic E-state index is -3.31. The molecule has 0 bridgehead atoms. The molecule has 0 aliphatic carbocycles. The lowest BCUT2D eigenvalue weighted by Crippen LogP contribution is -2.18. The summed E-state index contributed by atoms with van der Waals surface area (Å²) in [4.78, 5) is 27.9. The summed E-state index contributed by atoms with van der Waals surface area (Å²) in [6.45, 7) is 2.06. The van der Waals surface area contributed by atoms with Crippen LogP contribution in [0.5, 0.6) is 0 Å². The fraction of sp³-hybridized carbons (Fsp3) is 0.0256. The second-order valence-electron chi connectivity index (χ2n) is 12.1. The van der Waals surface area contributed by atoms with Gasteiger partial charge >= 0.3 is 0 Å². The molecule has 3 heterocycles. The van der Waals surface area contributed by atoms with Crippen LogP contribution in [0.2, 0.25) is 0 Å². The zero-order valence-corrected chi connectivity index (χ0v) is 27.7. The van der Waals surface area contributed by atoms with Crippen molar-refractivity contribution in [1.82, 2.24) is 0 Å². The Morgan fingerprint density at radius 1 is 0.479 bits per heavy atom. The Labute approximate surface area is 282 Å². The molecular formula is C39H26O6S3. The Morgan fingerprint density at radius 3 is 1.52 bits per heavy atom. The Morgan fingerprint density at radius 2 is 0.938 bits per heavy atom. The third kappa shape index (κ3) is 4.10. The fourth-order valence-corrected chi connectivity index (χ4v) is 11.7. The highest BCUT2D eigenvalue weighted by Gasteiger charge is 2.36. The van der Waals surface area contributed by atoms with Crippen LogP contribution in [-0.2, 0) is 0 Å². The lowest BCUT2D eigenvalue weighted by atomic mass is 9.95. The molecule has 2 aliphatic rings. The lowest BCUT2D eigenvalue weighted by molar-refractivity contribution is 0.102. The van der Waals surface area contributed by atoms with E-state index in [-0.39, 0.29) is 31.1 Å². The molecule has 0 amide bonds. The molecule has 0 unspecified atom stereocenters. The molecule has 6 aromatic carbocycles. The second-order valence-corrected chi connectivity index (χ2v) is 17.2. The quantitative estimate of drug-likeness (QED) is 0.144. The van der Waals surface area contributed by atoms with Crippen LogP contribution >= 0.6 is 32.5 Å². The second kappa shape index (κ2) is 10.2. The zero-order valence-electron chi connectivity index (χ0n) is 25.3. The van der Waals surface area contributed by atoms with Gasteiger partial charge in [0, 0.05) is 42.4 Å². The van der Waals surface area contributed by atoms with E-state index < -0.39 is 21.2 Å². The van der Waals surface area contributed by atoms with Gasteiger partial charge in [-0.2, -0.15) is 0 Å². The smallest absolute Gasteiger partial charge is 0.196 e. The van der Waals surface area contributed by atoms with Crippen molar-refractivity contribution < 1.29 is 27.8 Å². The van der Waals surface area contributed by atoms with E-state index in [0.29, 0.717) is 22.3 Å². The number of benzene rings is 6. The van der Waals surface area contributed by atoms with Crippen LogP contribution in [0.4, 0.5) is 0 Å². The maximum atomic E-state index is 13.5. The molecule has 6 nitrogen and oxygen atoms in total. The van der Waals surface area contributed by atoms with E-state index in [0.717, 1.165) is 48.0 Å². The van der Waals surface area contributed by atoms with E-state index in [9.17, 15) is 27.8 Å². The number of thiophene rings is 1. The van der Waals surface area contributed by atoms with Crippen molar-refractivity contribution in [3.05, 3.63) is 143 Å². The molecule has 7 aromatic rings. The normalized spacial score (nSPS) is 16.9. The first-order valence-electron chi connectivity index (χ1n) is 15.1. The fourth-order valence-electron chi connectivity index (χ4n) is 7.06.